The second-order valence-electron chi connectivity index (χ2n) is 13.2. The fourth-order valence-corrected chi connectivity index (χ4v) is 7.10. The highest BCUT2D eigenvalue weighted by molar-refractivity contribution is 14.1. The molecular weight excluding hydrogens is 713 g/mol. The minimum atomic E-state index is -1.14. The highest BCUT2D eigenvalue weighted by Gasteiger charge is 2.61. The van der Waals surface area contributed by atoms with Crippen LogP contribution in [0.5, 0.6) is 5.88 Å². The summed E-state index contributed by atoms with van der Waals surface area (Å²) in [4.78, 5) is 66.7. The summed E-state index contributed by atoms with van der Waals surface area (Å²) in [5.74, 6) is -0.602. The molecule has 246 valence electrons. The normalized spacial score (nSPS) is 25.4. The Kier molecular flexibility index (Phi) is 10.1. The summed E-state index contributed by atoms with van der Waals surface area (Å²) in [6.07, 6.45) is 6.96. The zero-order chi connectivity index (χ0) is 32.5. The van der Waals surface area contributed by atoms with Crippen molar-refractivity contribution in [3.8, 4) is 5.88 Å². The van der Waals surface area contributed by atoms with Crippen LogP contribution in [0.15, 0.2) is 18.7 Å². The molecule has 45 heavy (non-hydrogen) atoms. The van der Waals surface area contributed by atoms with Gasteiger partial charge in [-0.15, -0.1) is 6.58 Å². The Labute approximate surface area is 281 Å². The van der Waals surface area contributed by atoms with Crippen LogP contribution in [0, 0.1) is 15.2 Å². The van der Waals surface area contributed by atoms with Crippen molar-refractivity contribution in [2.24, 2.45) is 11.3 Å². The molecule has 4 atom stereocenters. The molecule has 1 aliphatic heterocycles. The van der Waals surface area contributed by atoms with Crippen molar-refractivity contribution in [3.05, 3.63) is 22.6 Å². The number of nitrogens with zero attached hydrogens (tertiary/aromatic N) is 4. The number of amides is 4. The van der Waals surface area contributed by atoms with Gasteiger partial charge in [0.05, 0.1) is 20.3 Å². The van der Waals surface area contributed by atoms with Crippen LogP contribution in [-0.4, -0.2) is 88.0 Å². The predicted molar refractivity (Wildman–Crippen MR) is 177 cm³/mol. The summed E-state index contributed by atoms with van der Waals surface area (Å²) in [5.41, 5.74) is -1.84. The van der Waals surface area contributed by atoms with Gasteiger partial charge in [-0.1, -0.05) is 26.8 Å². The maximum absolute atomic E-state index is 14.4. The molecule has 2 heterocycles. The molecule has 1 saturated heterocycles. The second kappa shape index (κ2) is 13.5. The van der Waals surface area contributed by atoms with Gasteiger partial charge in [-0.2, -0.15) is 4.98 Å². The van der Waals surface area contributed by atoms with Gasteiger partial charge in [0.15, 0.2) is 3.83 Å². The van der Waals surface area contributed by atoms with Crippen molar-refractivity contribution < 1.29 is 28.7 Å². The molecule has 0 spiro atoms. The SMILES string of the molecule is C=C[C@@H]1C[C@]1(NC(=O)[C@@H]1CN(c2cc(OC)nc(I)n2)CN1C(=O)[C@@H](NC(=O)OC1CCCC1)C(C)(C)C)C(=O)NSC1CC1. The van der Waals surface area contributed by atoms with Crippen LogP contribution < -0.4 is 25.0 Å². The largest absolute Gasteiger partial charge is 0.481 e. The topological polar surface area (TPSA) is 155 Å². The number of alkyl carbamates (subject to hydrolysis) is 1. The molecule has 4 fully saturated rings. The van der Waals surface area contributed by atoms with E-state index in [1.807, 2.05) is 43.4 Å². The average molecular weight is 756 g/mol. The molecule has 4 aliphatic rings. The Hall–Kier alpha value is -2.82. The number of anilines is 1. The third-order valence-electron chi connectivity index (χ3n) is 8.72. The van der Waals surface area contributed by atoms with Crippen molar-refractivity contribution in [2.75, 3.05) is 25.2 Å². The minimum absolute atomic E-state index is 0.0146. The van der Waals surface area contributed by atoms with E-state index in [1.165, 1.54) is 24.0 Å². The maximum Gasteiger partial charge on any atom is 0.408 e. The predicted octanol–water partition coefficient (Wildman–Crippen LogP) is 3.14. The fraction of sp³-hybridized carbons (Fsp3) is 0.667. The Morgan fingerprint density at radius 1 is 1.18 bits per heavy atom. The standard InChI is InChI=1S/C30H42IN7O6S/c1-6-17-14-30(17,26(41)36-45-19-11-12-19)35-24(39)20-15-37(21-13-22(43-5)33-27(31)32-21)16-38(20)25(40)23(29(2,3)4)34-28(42)44-18-9-7-8-10-18/h6,13,17-20,23H,1,7-12,14-16H2,2-5H3,(H,34,42)(H,35,39)(H,36,41)/t17-,20+,23-,30-/m1/s1. The van der Waals surface area contributed by atoms with Crippen molar-refractivity contribution in [2.45, 2.75) is 94.7 Å². The van der Waals surface area contributed by atoms with E-state index >= 15 is 0 Å². The van der Waals surface area contributed by atoms with Gasteiger partial charge in [0.2, 0.25) is 17.7 Å². The number of nitrogens with one attached hydrogen (secondary N) is 3. The summed E-state index contributed by atoms with van der Waals surface area (Å²) >= 11 is 3.37. The van der Waals surface area contributed by atoms with Gasteiger partial charge in [0.25, 0.3) is 5.91 Å². The van der Waals surface area contributed by atoms with Crippen LogP contribution in [0.3, 0.4) is 0 Å². The first-order chi connectivity index (χ1) is 21.3. The molecule has 5 rings (SSSR count). The van der Waals surface area contributed by atoms with Crippen molar-refractivity contribution in [3.63, 3.8) is 0 Å². The van der Waals surface area contributed by atoms with E-state index < -0.39 is 40.9 Å². The van der Waals surface area contributed by atoms with Gasteiger partial charge in [0.1, 0.15) is 29.5 Å². The monoisotopic (exact) mass is 755 g/mol. The number of hydrogen-bond acceptors (Lipinski definition) is 10. The molecule has 1 aromatic heterocycles. The van der Waals surface area contributed by atoms with Crippen LogP contribution >= 0.6 is 34.5 Å². The molecule has 0 unspecified atom stereocenters. The van der Waals surface area contributed by atoms with Gasteiger partial charge in [0, 0.05) is 39.8 Å². The summed E-state index contributed by atoms with van der Waals surface area (Å²) < 4.78 is 14.3. The number of hydrogen-bond donors (Lipinski definition) is 3. The lowest BCUT2D eigenvalue weighted by Gasteiger charge is -2.35. The number of halogens is 1. The number of carbonyl (C=O) groups is 4. The van der Waals surface area contributed by atoms with Gasteiger partial charge >= 0.3 is 6.09 Å². The summed E-state index contributed by atoms with van der Waals surface area (Å²) in [6.45, 7) is 9.52. The van der Waals surface area contributed by atoms with E-state index in [4.69, 9.17) is 9.47 Å². The summed E-state index contributed by atoms with van der Waals surface area (Å²) in [5, 5.41) is 6.18. The van der Waals surface area contributed by atoms with E-state index in [9.17, 15) is 19.2 Å². The third-order valence-corrected chi connectivity index (χ3v) is 10.3. The highest BCUT2D eigenvalue weighted by atomic mass is 127. The summed E-state index contributed by atoms with van der Waals surface area (Å²) in [6, 6.07) is -0.335. The second-order valence-corrected chi connectivity index (χ2v) is 15.3. The van der Waals surface area contributed by atoms with Crippen molar-refractivity contribution in [1.29, 1.82) is 0 Å². The number of aromatic nitrogens is 2. The molecular formula is C30H42IN7O6S. The molecule has 0 radical (unpaired) electrons. The van der Waals surface area contributed by atoms with Gasteiger partial charge in [-0.3, -0.25) is 19.1 Å². The molecule has 3 aliphatic carbocycles. The van der Waals surface area contributed by atoms with E-state index in [0.717, 1.165) is 38.5 Å². The van der Waals surface area contributed by atoms with Crippen LogP contribution in [-0.2, 0) is 19.1 Å². The van der Waals surface area contributed by atoms with E-state index in [-0.39, 0.29) is 31.1 Å². The Balaban J connectivity index is 1.40. The first kappa shape index (κ1) is 33.5. The molecule has 4 amide bonds. The molecule has 13 nitrogen and oxygen atoms in total. The first-order valence-corrected chi connectivity index (χ1v) is 17.3. The third kappa shape index (κ3) is 7.77. The lowest BCUT2D eigenvalue weighted by atomic mass is 9.85. The summed E-state index contributed by atoms with van der Waals surface area (Å²) in [7, 11) is 1.50. The van der Waals surface area contributed by atoms with Crippen molar-refractivity contribution >= 4 is 64.2 Å². The molecule has 3 N–H and O–H groups in total. The number of methoxy groups -OCH3 is 1. The Bertz CT molecular complexity index is 1330. The Morgan fingerprint density at radius 3 is 2.49 bits per heavy atom. The molecule has 15 heteroatoms. The smallest absolute Gasteiger partial charge is 0.408 e. The highest BCUT2D eigenvalue weighted by Crippen LogP contribution is 2.46. The number of rotatable bonds is 11. The van der Waals surface area contributed by atoms with E-state index in [0.29, 0.717) is 27.2 Å². The first-order valence-electron chi connectivity index (χ1n) is 15.4. The average Bonchev–Trinajstić information content (AvgIpc) is 3.83. The number of carbonyl (C=O) groups excluding carboxylic acids is 4. The minimum Gasteiger partial charge on any atom is -0.481 e. The zero-order valence-corrected chi connectivity index (χ0v) is 29.1. The lowest BCUT2D eigenvalue weighted by molar-refractivity contribution is -0.142. The van der Waals surface area contributed by atoms with Gasteiger partial charge in [-0.25, -0.2) is 9.78 Å². The van der Waals surface area contributed by atoms with Crippen molar-refractivity contribution in [1.82, 2.24) is 30.2 Å². The molecule has 3 saturated carbocycles. The van der Waals surface area contributed by atoms with Crippen LogP contribution in [0.25, 0.3) is 0 Å². The quantitative estimate of drug-likeness (QED) is 0.133. The number of ether oxygens (including phenoxy) is 2. The lowest BCUT2D eigenvalue weighted by Crippen LogP contribution is -2.60. The van der Waals surface area contributed by atoms with Gasteiger partial charge < -0.3 is 29.9 Å². The molecule has 0 aromatic carbocycles. The van der Waals surface area contributed by atoms with Crippen LogP contribution in [0.1, 0.15) is 65.7 Å². The van der Waals surface area contributed by atoms with E-state index in [2.05, 4.69) is 31.9 Å². The maximum atomic E-state index is 14.4. The fourth-order valence-electron chi connectivity index (χ4n) is 5.79. The zero-order valence-electron chi connectivity index (χ0n) is 26.1. The van der Waals surface area contributed by atoms with Crippen LogP contribution in [0.2, 0.25) is 0 Å². The molecule has 1 aromatic rings. The van der Waals surface area contributed by atoms with E-state index in [1.54, 1.807) is 17.0 Å². The molecule has 0 bridgehead atoms. The van der Waals surface area contributed by atoms with Crippen LogP contribution in [0.4, 0.5) is 10.6 Å². The van der Waals surface area contributed by atoms with Gasteiger partial charge in [-0.05, 0) is 62.3 Å². The Morgan fingerprint density at radius 2 is 1.89 bits per heavy atom.